The van der Waals surface area contributed by atoms with Gasteiger partial charge in [0.25, 0.3) is 0 Å². The number of nitrogens with two attached hydrogens (primary N) is 1. The summed E-state index contributed by atoms with van der Waals surface area (Å²) in [4.78, 5) is 37.3. The van der Waals surface area contributed by atoms with Crippen molar-refractivity contribution in [3.8, 4) is 0 Å². The van der Waals surface area contributed by atoms with E-state index in [-0.39, 0.29) is 11.7 Å². The number of amidine groups is 1. The minimum Gasteiger partial charge on any atom is -0.479 e. The van der Waals surface area contributed by atoms with Gasteiger partial charge in [-0.25, -0.2) is 4.79 Å². The molecule has 1 aliphatic rings. The van der Waals surface area contributed by atoms with Crippen LogP contribution in [0, 0.1) is 17.2 Å². The van der Waals surface area contributed by atoms with E-state index in [1.807, 2.05) is 0 Å². The van der Waals surface area contributed by atoms with Gasteiger partial charge in [-0.15, -0.1) is 0 Å². The Morgan fingerprint density at radius 2 is 1.61 bits per heavy atom. The Balaban J connectivity index is 1.61. The number of nitrogens with one attached hydrogen (secondary N) is 3. The second-order valence-electron chi connectivity index (χ2n) is 7.66. The monoisotopic (exact) mass is 422 g/mol. The molecule has 8 nitrogen and oxygen atoms in total. The Morgan fingerprint density at radius 1 is 1.00 bits per heavy atom. The molecule has 31 heavy (non-hydrogen) atoms. The third-order valence-corrected chi connectivity index (χ3v) is 5.59. The van der Waals surface area contributed by atoms with Gasteiger partial charge in [0, 0.05) is 23.9 Å². The van der Waals surface area contributed by atoms with Crippen LogP contribution < -0.4 is 16.4 Å². The third-order valence-electron chi connectivity index (χ3n) is 5.59. The topological polar surface area (TPSA) is 145 Å². The molecule has 3 rings (SSSR count). The molecule has 6 N–H and O–H groups in total. The molecule has 3 atom stereocenters. The zero-order chi connectivity index (χ0) is 22.4. The van der Waals surface area contributed by atoms with E-state index in [0.717, 1.165) is 12.0 Å². The molecule has 1 saturated carbocycles. The minimum absolute atomic E-state index is 0.0226. The van der Waals surface area contributed by atoms with Crippen molar-refractivity contribution >= 4 is 23.6 Å². The molecule has 1 aliphatic carbocycles. The zero-order valence-corrected chi connectivity index (χ0v) is 17.0. The molecule has 0 spiro atoms. The third kappa shape index (κ3) is 5.48. The smallest absolute Gasteiger partial charge is 0.330 e. The molecule has 8 heteroatoms. The van der Waals surface area contributed by atoms with Crippen molar-refractivity contribution in [1.82, 2.24) is 10.6 Å². The van der Waals surface area contributed by atoms with Crippen LogP contribution in [0.4, 0.5) is 0 Å². The predicted molar refractivity (Wildman–Crippen MR) is 115 cm³/mol. The maximum absolute atomic E-state index is 12.8. The van der Waals surface area contributed by atoms with E-state index in [1.54, 1.807) is 54.6 Å². The largest absolute Gasteiger partial charge is 0.479 e. The lowest BCUT2D eigenvalue weighted by atomic mass is 9.93. The van der Waals surface area contributed by atoms with Crippen LogP contribution in [0.2, 0.25) is 0 Å². The SMILES string of the molecule is N=C(N)c1ccc(CNC(=O)[C@@H]2CCC[C@H]2C(=O)N[C@@H](C(=O)O)c2ccccc2)cc1. The summed E-state index contributed by atoms with van der Waals surface area (Å²) in [5.41, 5.74) is 7.38. The normalized spacial score (nSPS) is 18.7. The Hall–Kier alpha value is -3.68. The number of rotatable bonds is 8. The molecule has 0 saturated heterocycles. The maximum Gasteiger partial charge on any atom is 0.330 e. The first-order valence-electron chi connectivity index (χ1n) is 10.2. The number of carboxylic acid groups (broad SMARTS) is 1. The molecular weight excluding hydrogens is 396 g/mol. The number of benzene rings is 2. The minimum atomic E-state index is -1.15. The molecule has 0 radical (unpaired) electrons. The second kappa shape index (κ2) is 9.88. The van der Waals surface area contributed by atoms with Crippen LogP contribution in [-0.4, -0.2) is 28.7 Å². The molecule has 2 aromatic carbocycles. The second-order valence-corrected chi connectivity index (χ2v) is 7.66. The number of carbonyl (C=O) groups is 3. The standard InChI is InChI=1S/C23H26N4O4/c24-20(25)16-11-9-14(10-12-16)13-26-21(28)17-7-4-8-18(17)22(29)27-19(23(30)31)15-5-2-1-3-6-15/h1-3,5-6,9-12,17-19H,4,7-8,13H2,(H3,24,25)(H,26,28)(H,27,29)(H,30,31)/t17-,18-,19-/m1/s1. The number of amides is 2. The van der Waals surface area contributed by atoms with E-state index >= 15 is 0 Å². The summed E-state index contributed by atoms with van der Waals surface area (Å²) in [5, 5.41) is 22.4. The van der Waals surface area contributed by atoms with E-state index < -0.39 is 29.8 Å². The molecule has 1 fully saturated rings. The first kappa shape index (κ1) is 22.0. The van der Waals surface area contributed by atoms with Gasteiger partial charge in [-0.1, -0.05) is 61.0 Å². The van der Waals surface area contributed by atoms with Gasteiger partial charge < -0.3 is 21.5 Å². The van der Waals surface area contributed by atoms with Crippen molar-refractivity contribution < 1.29 is 19.5 Å². The van der Waals surface area contributed by atoms with Crippen molar-refractivity contribution in [1.29, 1.82) is 5.41 Å². The summed E-state index contributed by atoms with van der Waals surface area (Å²) in [5.74, 6) is -2.87. The highest BCUT2D eigenvalue weighted by atomic mass is 16.4. The van der Waals surface area contributed by atoms with Crippen molar-refractivity contribution in [3.05, 3.63) is 71.3 Å². The van der Waals surface area contributed by atoms with Gasteiger partial charge in [0.15, 0.2) is 6.04 Å². The van der Waals surface area contributed by atoms with Crippen LogP contribution in [0.1, 0.15) is 42.0 Å². The van der Waals surface area contributed by atoms with E-state index in [9.17, 15) is 19.5 Å². The van der Waals surface area contributed by atoms with Crippen LogP contribution >= 0.6 is 0 Å². The van der Waals surface area contributed by atoms with Crippen LogP contribution in [0.25, 0.3) is 0 Å². The van der Waals surface area contributed by atoms with Gasteiger partial charge in [0.05, 0.1) is 0 Å². The fourth-order valence-corrected chi connectivity index (χ4v) is 3.89. The summed E-state index contributed by atoms with van der Waals surface area (Å²) in [6.07, 6.45) is 1.85. The van der Waals surface area contributed by atoms with E-state index in [4.69, 9.17) is 11.1 Å². The summed E-state index contributed by atoms with van der Waals surface area (Å²) in [6, 6.07) is 14.3. The molecule has 0 unspecified atom stereocenters. The number of carbonyl (C=O) groups excluding carboxylic acids is 2. The molecule has 0 bridgehead atoms. The van der Waals surface area contributed by atoms with Crippen molar-refractivity contribution in [2.24, 2.45) is 17.6 Å². The molecule has 2 amide bonds. The molecule has 162 valence electrons. The fraction of sp³-hybridized carbons (Fsp3) is 0.304. The van der Waals surface area contributed by atoms with Gasteiger partial charge >= 0.3 is 5.97 Å². The molecule has 2 aromatic rings. The fourth-order valence-electron chi connectivity index (χ4n) is 3.89. The van der Waals surface area contributed by atoms with Gasteiger partial charge in [0.1, 0.15) is 5.84 Å². The number of hydrogen-bond acceptors (Lipinski definition) is 4. The van der Waals surface area contributed by atoms with E-state index in [0.29, 0.717) is 30.5 Å². The summed E-state index contributed by atoms with van der Waals surface area (Å²) < 4.78 is 0. The highest BCUT2D eigenvalue weighted by Gasteiger charge is 2.39. The Labute approximate surface area is 180 Å². The lowest BCUT2D eigenvalue weighted by Crippen LogP contribution is -2.42. The molecular formula is C23H26N4O4. The van der Waals surface area contributed by atoms with Gasteiger partial charge in [-0.05, 0) is 24.0 Å². The van der Waals surface area contributed by atoms with Crippen LogP contribution in [0.3, 0.4) is 0 Å². The number of aliphatic carboxylic acids is 1. The first-order valence-corrected chi connectivity index (χ1v) is 10.2. The van der Waals surface area contributed by atoms with Gasteiger partial charge in [0.2, 0.25) is 11.8 Å². The molecule has 0 aliphatic heterocycles. The molecule has 0 aromatic heterocycles. The van der Waals surface area contributed by atoms with Crippen LogP contribution in [0.15, 0.2) is 54.6 Å². The summed E-state index contributed by atoms with van der Waals surface area (Å²) in [6.45, 7) is 0.295. The van der Waals surface area contributed by atoms with Crippen LogP contribution in [0.5, 0.6) is 0 Å². The quantitative estimate of drug-likeness (QED) is 0.326. The highest BCUT2D eigenvalue weighted by Crippen LogP contribution is 2.33. The van der Waals surface area contributed by atoms with Crippen molar-refractivity contribution in [2.45, 2.75) is 31.8 Å². The average Bonchev–Trinajstić information content (AvgIpc) is 3.26. The highest BCUT2D eigenvalue weighted by molar-refractivity contribution is 5.95. The average molecular weight is 422 g/mol. The zero-order valence-electron chi connectivity index (χ0n) is 17.0. The Kier molecular flexibility index (Phi) is 7.02. The molecule has 0 heterocycles. The van der Waals surface area contributed by atoms with E-state index in [2.05, 4.69) is 10.6 Å². The van der Waals surface area contributed by atoms with Crippen molar-refractivity contribution in [2.75, 3.05) is 0 Å². The number of carboxylic acids is 1. The first-order chi connectivity index (χ1) is 14.9. The van der Waals surface area contributed by atoms with Crippen molar-refractivity contribution in [3.63, 3.8) is 0 Å². The lowest BCUT2D eigenvalue weighted by Gasteiger charge is -2.22. The maximum atomic E-state index is 12.8. The van der Waals surface area contributed by atoms with Gasteiger partial charge in [-0.3, -0.25) is 15.0 Å². The van der Waals surface area contributed by atoms with Crippen LogP contribution in [-0.2, 0) is 20.9 Å². The number of nitrogen functional groups attached to an aromatic ring is 1. The van der Waals surface area contributed by atoms with E-state index in [1.165, 1.54) is 0 Å². The predicted octanol–water partition coefficient (Wildman–Crippen LogP) is 1.95. The Bertz CT molecular complexity index is 959. The lowest BCUT2D eigenvalue weighted by molar-refractivity contribution is -0.143. The summed E-state index contributed by atoms with van der Waals surface area (Å²) in [7, 11) is 0. The summed E-state index contributed by atoms with van der Waals surface area (Å²) >= 11 is 0. The number of hydrogen-bond donors (Lipinski definition) is 5. The van der Waals surface area contributed by atoms with Gasteiger partial charge in [-0.2, -0.15) is 0 Å². The Morgan fingerprint density at radius 3 is 2.19 bits per heavy atom.